The number of alkyl halides is 3. The van der Waals surface area contributed by atoms with Gasteiger partial charge in [-0.1, -0.05) is 17.3 Å². The minimum atomic E-state index is -4.81. The lowest BCUT2D eigenvalue weighted by molar-refractivity contribution is -0.159. The summed E-state index contributed by atoms with van der Waals surface area (Å²) in [6, 6.07) is 7.40. The van der Waals surface area contributed by atoms with Crippen LogP contribution in [-0.2, 0) is 6.18 Å². The van der Waals surface area contributed by atoms with Crippen molar-refractivity contribution in [2.75, 3.05) is 6.54 Å². The van der Waals surface area contributed by atoms with E-state index in [4.69, 9.17) is 0 Å². The van der Waals surface area contributed by atoms with Crippen molar-refractivity contribution in [1.82, 2.24) is 15.0 Å². The number of carbonyl (C=O) groups is 1. The molecule has 0 spiro atoms. The highest BCUT2D eigenvalue weighted by Gasteiger charge is 2.39. The molecule has 0 bridgehead atoms. The van der Waals surface area contributed by atoms with Crippen LogP contribution < -0.4 is 0 Å². The summed E-state index contributed by atoms with van der Waals surface area (Å²) >= 11 is 0. The Morgan fingerprint density at radius 3 is 2.65 bits per heavy atom. The molecule has 0 radical (unpaired) electrons. The summed E-state index contributed by atoms with van der Waals surface area (Å²) in [4.78, 5) is 17.6. The van der Waals surface area contributed by atoms with Crippen LogP contribution in [0.25, 0.3) is 11.4 Å². The van der Waals surface area contributed by atoms with Crippen LogP contribution >= 0.6 is 0 Å². The number of rotatable bonds is 3. The number of β-amino-alcohol motifs (C(OH)–C–C–N with tert-alkyl or cyclic N) is 1. The first kappa shape index (κ1) is 20.9. The minimum Gasteiger partial charge on any atom is -0.391 e. The van der Waals surface area contributed by atoms with Gasteiger partial charge < -0.3 is 14.5 Å². The highest BCUT2D eigenvalue weighted by Crippen LogP contribution is 2.36. The Bertz CT molecular complexity index is 1130. The van der Waals surface area contributed by atoms with Crippen molar-refractivity contribution in [2.24, 2.45) is 0 Å². The minimum absolute atomic E-state index is 0.00554. The molecule has 2 heterocycles. The third-order valence-corrected chi connectivity index (χ3v) is 4.89. The van der Waals surface area contributed by atoms with E-state index in [1.807, 2.05) is 0 Å². The highest BCUT2D eigenvalue weighted by molar-refractivity contribution is 5.95. The van der Waals surface area contributed by atoms with Gasteiger partial charge in [0.15, 0.2) is 0 Å². The molecule has 1 aromatic heterocycles. The van der Waals surface area contributed by atoms with E-state index in [0.717, 1.165) is 18.2 Å². The average Bonchev–Trinajstić information content (AvgIpc) is 3.36. The number of aliphatic hydroxyl groups excluding tert-OH is 1. The average molecular weight is 439 g/mol. The van der Waals surface area contributed by atoms with E-state index >= 15 is 0 Å². The Hall–Kier alpha value is -3.34. The van der Waals surface area contributed by atoms with Gasteiger partial charge in [0.2, 0.25) is 5.82 Å². The zero-order valence-electron chi connectivity index (χ0n) is 15.6. The molecular weight excluding hydrogens is 425 g/mol. The van der Waals surface area contributed by atoms with E-state index in [0.29, 0.717) is 0 Å². The molecule has 2 atom stereocenters. The van der Waals surface area contributed by atoms with E-state index < -0.39 is 41.8 Å². The lowest BCUT2D eigenvalue weighted by Crippen LogP contribution is -2.32. The molecule has 1 aliphatic heterocycles. The summed E-state index contributed by atoms with van der Waals surface area (Å²) in [5.41, 5.74) is 0.0687. The third-order valence-electron chi connectivity index (χ3n) is 4.89. The number of amides is 1. The van der Waals surface area contributed by atoms with Crippen LogP contribution in [0, 0.1) is 11.6 Å². The van der Waals surface area contributed by atoms with Crippen molar-refractivity contribution < 1.29 is 36.4 Å². The van der Waals surface area contributed by atoms with Gasteiger partial charge in [0.05, 0.1) is 12.1 Å². The second-order valence-corrected chi connectivity index (χ2v) is 7.03. The molecule has 3 aromatic rings. The molecule has 1 fully saturated rings. The maximum atomic E-state index is 14.3. The molecule has 1 amide bonds. The molecule has 162 valence electrons. The zero-order valence-corrected chi connectivity index (χ0v) is 15.6. The van der Waals surface area contributed by atoms with E-state index in [2.05, 4.69) is 14.7 Å². The van der Waals surface area contributed by atoms with Gasteiger partial charge in [0.1, 0.15) is 11.6 Å². The molecule has 1 N–H and O–H groups in total. The van der Waals surface area contributed by atoms with Crippen LogP contribution in [0.5, 0.6) is 0 Å². The molecule has 1 saturated heterocycles. The quantitative estimate of drug-likeness (QED) is 0.625. The predicted molar refractivity (Wildman–Crippen MR) is 95.5 cm³/mol. The number of hydrogen-bond donors (Lipinski definition) is 1. The largest absolute Gasteiger partial charge is 0.471 e. The molecule has 4 rings (SSSR count). The Morgan fingerprint density at radius 2 is 1.94 bits per heavy atom. The molecule has 0 aliphatic carbocycles. The number of nitrogens with zero attached hydrogens (tertiary/aromatic N) is 3. The van der Waals surface area contributed by atoms with Crippen LogP contribution in [0.15, 0.2) is 47.0 Å². The van der Waals surface area contributed by atoms with Crippen molar-refractivity contribution >= 4 is 5.91 Å². The van der Waals surface area contributed by atoms with Gasteiger partial charge >= 0.3 is 12.1 Å². The molecule has 0 saturated carbocycles. The van der Waals surface area contributed by atoms with Gasteiger partial charge in [0, 0.05) is 23.2 Å². The summed E-state index contributed by atoms with van der Waals surface area (Å²) in [6.07, 6.45) is -5.76. The van der Waals surface area contributed by atoms with Gasteiger partial charge in [-0.3, -0.25) is 4.79 Å². The maximum Gasteiger partial charge on any atom is 0.471 e. The summed E-state index contributed by atoms with van der Waals surface area (Å²) < 4.78 is 70.2. The van der Waals surface area contributed by atoms with Crippen LogP contribution in [0.2, 0.25) is 0 Å². The Kier molecular flexibility index (Phi) is 5.21. The summed E-state index contributed by atoms with van der Waals surface area (Å²) in [5, 5.41) is 13.3. The van der Waals surface area contributed by atoms with E-state index in [9.17, 15) is 31.9 Å². The number of aromatic nitrogens is 2. The monoisotopic (exact) mass is 439 g/mol. The molecule has 2 unspecified atom stereocenters. The SMILES string of the molecule is O=C(c1cccc(-c2noc(C(F)(F)F)n2)c1)N1CC(O)CC1c1cc(F)ccc1F. The van der Waals surface area contributed by atoms with Gasteiger partial charge in [0.25, 0.3) is 5.91 Å². The van der Waals surface area contributed by atoms with Gasteiger partial charge in [-0.15, -0.1) is 0 Å². The fourth-order valence-electron chi connectivity index (χ4n) is 3.52. The first-order valence-electron chi connectivity index (χ1n) is 9.09. The standard InChI is InChI=1S/C20H14F5N3O3/c21-12-4-5-15(22)14(7-12)16-8-13(29)9-28(16)18(30)11-3-1-2-10(6-11)17-26-19(31-27-17)20(23,24)25/h1-7,13,16,29H,8-9H2. The summed E-state index contributed by atoms with van der Waals surface area (Å²) in [5.74, 6) is -3.92. The van der Waals surface area contributed by atoms with E-state index in [1.165, 1.54) is 29.2 Å². The maximum absolute atomic E-state index is 14.3. The van der Waals surface area contributed by atoms with Gasteiger partial charge in [-0.25, -0.2) is 8.78 Å². The zero-order chi connectivity index (χ0) is 22.3. The highest BCUT2D eigenvalue weighted by atomic mass is 19.4. The van der Waals surface area contributed by atoms with Crippen LogP contribution in [-0.4, -0.2) is 38.7 Å². The molecule has 11 heteroatoms. The molecular formula is C20H14F5N3O3. The lowest BCUT2D eigenvalue weighted by Gasteiger charge is -2.25. The molecule has 31 heavy (non-hydrogen) atoms. The summed E-state index contributed by atoms with van der Waals surface area (Å²) in [6.45, 7) is -0.121. The smallest absolute Gasteiger partial charge is 0.391 e. The van der Waals surface area contributed by atoms with Crippen molar-refractivity contribution in [1.29, 1.82) is 0 Å². The van der Waals surface area contributed by atoms with Gasteiger partial charge in [-0.05, 0) is 36.8 Å². The van der Waals surface area contributed by atoms with E-state index in [-0.39, 0.29) is 35.5 Å². The second-order valence-electron chi connectivity index (χ2n) is 7.03. The number of carbonyl (C=O) groups excluding carboxylic acids is 1. The molecule has 1 aliphatic rings. The Morgan fingerprint density at radius 1 is 1.16 bits per heavy atom. The predicted octanol–water partition coefficient (Wildman–Crippen LogP) is 3.98. The first-order valence-corrected chi connectivity index (χ1v) is 9.09. The Labute approximate surface area is 171 Å². The fraction of sp³-hybridized carbons (Fsp3) is 0.250. The van der Waals surface area contributed by atoms with Crippen LogP contribution in [0.3, 0.4) is 0 Å². The number of halogens is 5. The first-order chi connectivity index (χ1) is 14.6. The number of benzene rings is 2. The molecule has 6 nitrogen and oxygen atoms in total. The molecule has 2 aromatic carbocycles. The Balaban J connectivity index is 1.65. The lowest BCUT2D eigenvalue weighted by atomic mass is 10.0. The number of likely N-dealkylation sites (tertiary alicyclic amines) is 1. The fourth-order valence-corrected chi connectivity index (χ4v) is 3.52. The van der Waals surface area contributed by atoms with Crippen molar-refractivity contribution in [3.8, 4) is 11.4 Å². The van der Waals surface area contributed by atoms with Crippen molar-refractivity contribution in [3.05, 3.63) is 71.1 Å². The summed E-state index contributed by atoms with van der Waals surface area (Å²) in [7, 11) is 0. The number of aliphatic hydroxyl groups is 1. The van der Waals surface area contributed by atoms with Crippen LogP contribution in [0.4, 0.5) is 22.0 Å². The normalized spacial score (nSPS) is 19.1. The second kappa shape index (κ2) is 7.73. The van der Waals surface area contributed by atoms with Crippen molar-refractivity contribution in [2.45, 2.75) is 24.7 Å². The topological polar surface area (TPSA) is 79.5 Å². The number of hydrogen-bond acceptors (Lipinski definition) is 5. The van der Waals surface area contributed by atoms with Crippen LogP contribution in [0.1, 0.15) is 34.3 Å². The van der Waals surface area contributed by atoms with E-state index in [1.54, 1.807) is 0 Å². The van der Waals surface area contributed by atoms with Gasteiger partial charge in [-0.2, -0.15) is 18.2 Å². The van der Waals surface area contributed by atoms with Crippen molar-refractivity contribution in [3.63, 3.8) is 0 Å². The third kappa shape index (κ3) is 4.13.